The van der Waals surface area contributed by atoms with Crippen LogP contribution in [0.5, 0.6) is 0 Å². The fourth-order valence-corrected chi connectivity index (χ4v) is 3.75. The number of carbonyl (C=O) groups is 1. The maximum absolute atomic E-state index is 12.3. The number of carbonyl (C=O) groups excluding carboxylic acids is 1. The third-order valence-electron chi connectivity index (χ3n) is 3.48. The van der Waals surface area contributed by atoms with Gasteiger partial charge in [-0.3, -0.25) is 9.69 Å². The lowest BCUT2D eigenvalue weighted by Crippen LogP contribution is -2.27. The number of hydrogen-bond acceptors (Lipinski definition) is 3. The number of thioether (sulfide) groups is 1. The molecule has 4 heteroatoms. The molecule has 1 heterocycles. The Bertz CT molecular complexity index is 753. The monoisotopic (exact) mass is 325 g/mol. The Labute approximate surface area is 139 Å². The van der Waals surface area contributed by atoms with Crippen LogP contribution in [-0.2, 0) is 4.79 Å². The van der Waals surface area contributed by atoms with E-state index in [1.807, 2.05) is 43.3 Å². The third kappa shape index (κ3) is 2.98. The molecule has 0 unspecified atom stereocenters. The van der Waals surface area contributed by atoms with Crippen molar-refractivity contribution in [3.05, 3.63) is 65.1 Å². The first-order chi connectivity index (χ1) is 10.7. The molecule has 1 amide bonds. The molecule has 3 rings (SSSR count). The zero-order valence-electron chi connectivity index (χ0n) is 12.2. The van der Waals surface area contributed by atoms with Crippen LogP contribution in [0.15, 0.2) is 59.5 Å². The Morgan fingerprint density at radius 1 is 1.09 bits per heavy atom. The van der Waals surface area contributed by atoms with Crippen molar-refractivity contribution in [1.29, 1.82) is 0 Å². The Hall–Kier alpha value is -1.91. The van der Waals surface area contributed by atoms with Crippen molar-refractivity contribution in [2.45, 2.75) is 6.92 Å². The maximum atomic E-state index is 12.3. The van der Waals surface area contributed by atoms with Crippen molar-refractivity contribution in [1.82, 2.24) is 4.90 Å². The van der Waals surface area contributed by atoms with Crippen LogP contribution in [0.2, 0.25) is 0 Å². The van der Waals surface area contributed by atoms with Gasteiger partial charge in [0.1, 0.15) is 4.32 Å². The van der Waals surface area contributed by atoms with E-state index in [-0.39, 0.29) is 5.91 Å². The van der Waals surface area contributed by atoms with Gasteiger partial charge in [-0.1, -0.05) is 72.5 Å². The topological polar surface area (TPSA) is 20.3 Å². The summed E-state index contributed by atoms with van der Waals surface area (Å²) >= 11 is 6.61. The van der Waals surface area contributed by atoms with Crippen molar-refractivity contribution in [2.75, 3.05) is 6.54 Å². The number of nitrogens with zero attached hydrogens (tertiary/aromatic N) is 1. The Morgan fingerprint density at radius 2 is 1.82 bits per heavy atom. The Morgan fingerprint density at radius 3 is 2.50 bits per heavy atom. The van der Waals surface area contributed by atoms with Crippen LogP contribution in [0.25, 0.3) is 17.2 Å². The normalized spacial score (nSPS) is 16.6. The molecule has 0 N–H and O–H groups in total. The van der Waals surface area contributed by atoms with Crippen molar-refractivity contribution in [3.63, 3.8) is 0 Å². The standard InChI is InChI=1S/C18H15NOS2/c1-2-19-17(20)16(22-18(19)21)12-13-7-6-10-15(11-13)14-8-4-3-5-9-14/h3-12H,2H2,1H3. The molecule has 2 aromatic rings. The second-order valence-electron chi connectivity index (χ2n) is 4.92. The lowest BCUT2D eigenvalue weighted by molar-refractivity contribution is -0.121. The van der Waals surface area contributed by atoms with Crippen LogP contribution in [0.1, 0.15) is 12.5 Å². The van der Waals surface area contributed by atoms with Gasteiger partial charge in [-0.25, -0.2) is 0 Å². The highest BCUT2D eigenvalue weighted by molar-refractivity contribution is 8.26. The first kappa shape index (κ1) is 15.0. The van der Waals surface area contributed by atoms with Gasteiger partial charge in [-0.15, -0.1) is 0 Å². The van der Waals surface area contributed by atoms with Crippen LogP contribution in [0.3, 0.4) is 0 Å². The van der Waals surface area contributed by atoms with E-state index in [1.54, 1.807) is 4.90 Å². The minimum atomic E-state index is 0.00242. The van der Waals surface area contributed by atoms with Crippen molar-refractivity contribution in [3.8, 4) is 11.1 Å². The highest BCUT2D eigenvalue weighted by atomic mass is 32.2. The third-order valence-corrected chi connectivity index (χ3v) is 4.86. The summed E-state index contributed by atoms with van der Waals surface area (Å²) in [5.74, 6) is 0.00242. The largest absolute Gasteiger partial charge is 0.293 e. The quantitative estimate of drug-likeness (QED) is 0.609. The van der Waals surface area contributed by atoms with Crippen LogP contribution >= 0.6 is 24.0 Å². The molecule has 0 radical (unpaired) electrons. The van der Waals surface area contributed by atoms with E-state index in [4.69, 9.17) is 12.2 Å². The fraction of sp³-hybridized carbons (Fsp3) is 0.111. The summed E-state index contributed by atoms with van der Waals surface area (Å²) in [6, 6.07) is 18.4. The fourth-order valence-electron chi connectivity index (χ4n) is 2.36. The van der Waals surface area contributed by atoms with E-state index in [2.05, 4.69) is 24.3 Å². The number of hydrogen-bond donors (Lipinski definition) is 0. The summed E-state index contributed by atoms with van der Waals surface area (Å²) in [7, 11) is 0. The molecular weight excluding hydrogens is 310 g/mol. The maximum Gasteiger partial charge on any atom is 0.266 e. The van der Waals surface area contributed by atoms with Gasteiger partial charge in [0, 0.05) is 6.54 Å². The van der Waals surface area contributed by atoms with Gasteiger partial charge in [0.25, 0.3) is 5.91 Å². The number of likely N-dealkylation sites (N-methyl/N-ethyl adjacent to an activating group) is 1. The molecule has 0 spiro atoms. The van der Waals surface area contributed by atoms with E-state index < -0.39 is 0 Å². The summed E-state index contributed by atoms with van der Waals surface area (Å²) < 4.78 is 0.637. The molecule has 0 aliphatic carbocycles. The minimum Gasteiger partial charge on any atom is -0.293 e. The van der Waals surface area contributed by atoms with E-state index >= 15 is 0 Å². The van der Waals surface area contributed by atoms with E-state index in [0.717, 1.165) is 11.1 Å². The number of benzene rings is 2. The molecule has 2 aromatic carbocycles. The lowest BCUT2D eigenvalue weighted by atomic mass is 10.0. The van der Waals surface area contributed by atoms with Gasteiger partial charge < -0.3 is 0 Å². The van der Waals surface area contributed by atoms with E-state index in [1.165, 1.54) is 17.3 Å². The van der Waals surface area contributed by atoms with Crippen LogP contribution in [0.4, 0.5) is 0 Å². The molecule has 1 fully saturated rings. The van der Waals surface area contributed by atoms with Gasteiger partial charge in [0.05, 0.1) is 4.91 Å². The summed E-state index contributed by atoms with van der Waals surface area (Å²) in [4.78, 5) is 14.6. The number of rotatable bonds is 3. The molecule has 1 aliphatic heterocycles. The molecule has 110 valence electrons. The molecule has 1 aliphatic rings. The van der Waals surface area contributed by atoms with Crippen LogP contribution in [0, 0.1) is 0 Å². The molecule has 0 aromatic heterocycles. The highest BCUT2D eigenvalue weighted by Gasteiger charge is 2.30. The van der Waals surface area contributed by atoms with Gasteiger partial charge in [-0.2, -0.15) is 0 Å². The summed E-state index contributed by atoms with van der Waals surface area (Å²) in [5, 5.41) is 0. The van der Waals surface area contributed by atoms with Gasteiger partial charge in [0.2, 0.25) is 0 Å². The molecule has 0 saturated carbocycles. The first-order valence-electron chi connectivity index (χ1n) is 7.10. The minimum absolute atomic E-state index is 0.00242. The second-order valence-corrected chi connectivity index (χ2v) is 6.59. The average molecular weight is 325 g/mol. The molecule has 0 bridgehead atoms. The highest BCUT2D eigenvalue weighted by Crippen LogP contribution is 2.32. The predicted molar refractivity (Wildman–Crippen MR) is 97.4 cm³/mol. The second kappa shape index (κ2) is 6.46. The SMILES string of the molecule is CCN1C(=O)C(=Cc2cccc(-c3ccccc3)c2)SC1=S. The van der Waals surface area contributed by atoms with E-state index in [9.17, 15) is 4.79 Å². The molecule has 0 atom stereocenters. The van der Waals surface area contributed by atoms with Crippen molar-refractivity contribution in [2.24, 2.45) is 0 Å². The van der Waals surface area contributed by atoms with Crippen molar-refractivity contribution < 1.29 is 4.79 Å². The number of thiocarbonyl (C=S) groups is 1. The molecule has 2 nitrogen and oxygen atoms in total. The number of amides is 1. The van der Waals surface area contributed by atoms with Gasteiger partial charge in [-0.05, 0) is 35.8 Å². The molecule has 1 saturated heterocycles. The Kier molecular flexibility index (Phi) is 4.41. The van der Waals surface area contributed by atoms with Gasteiger partial charge >= 0.3 is 0 Å². The smallest absolute Gasteiger partial charge is 0.266 e. The summed E-state index contributed by atoms with van der Waals surface area (Å²) in [6.07, 6.45) is 1.92. The Balaban J connectivity index is 1.92. The molecular formula is C18H15NOS2. The van der Waals surface area contributed by atoms with Crippen LogP contribution in [-0.4, -0.2) is 21.7 Å². The summed E-state index contributed by atoms with van der Waals surface area (Å²) in [6.45, 7) is 2.55. The average Bonchev–Trinajstić information content (AvgIpc) is 2.82. The van der Waals surface area contributed by atoms with E-state index in [0.29, 0.717) is 15.8 Å². The predicted octanol–water partition coefficient (Wildman–Crippen LogP) is 4.57. The first-order valence-corrected chi connectivity index (χ1v) is 8.32. The zero-order chi connectivity index (χ0) is 15.5. The summed E-state index contributed by atoms with van der Waals surface area (Å²) in [5.41, 5.74) is 3.32. The van der Waals surface area contributed by atoms with Crippen LogP contribution < -0.4 is 0 Å². The lowest BCUT2D eigenvalue weighted by Gasteiger charge is -2.09. The molecule has 22 heavy (non-hydrogen) atoms. The van der Waals surface area contributed by atoms with Gasteiger partial charge in [0.15, 0.2) is 0 Å². The zero-order valence-corrected chi connectivity index (χ0v) is 13.8. The van der Waals surface area contributed by atoms with Crippen molar-refractivity contribution >= 4 is 40.3 Å².